The third-order valence-electron chi connectivity index (χ3n) is 2.13. The van der Waals surface area contributed by atoms with Crippen LogP contribution in [0, 0.1) is 5.82 Å². The molecule has 3 nitrogen and oxygen atoms in total. The topological polar surface area (TPSA) is 37.8 Å². The molecule has 1 aromatic carbocycles. The highest BCUT2D eigenvalue weighted by Gasteiger charge is 2.07. The van der Waals surface area contributed by atoms with Crippen molar-refractivity contribution >= 4 is 21.7 Å². The average molecular weight is 282 g/mol. The summed E-state index contributed by atoms with van der Waals surface area (Å²) in [5.74, 6) is 0.355. The van der Waals surface area contributed by atoms with Crippen LogP contribution in [0.3, 0.4) is 0 Å². The van der Waals surface area contributed by atoms with Gasteiger partial charge in [0, 0.05) is 23.2 Å². The van der Waals surface area contributed by atoms with Crippen LogP contribution in [-0.4, -0.2) is 17.0 Å². The Labute approximate surface area is 101 Å². The van der Waals surface area contributed by atoms with E-state index in [2.05, 4.69) is 31.2 Å². The zero-order valence-corrected chi connectivity index (χ0v) is 10.1. The van der Waals surface area contributed by atoms with Gasteiger partial charge in [0.25, 0.3) is 0 Å². The fraction of sp³-hybridized carbons (Fsp3) is 0.0909. The first-order valence-electron chi connectivity index (χ1n) is 4.66. The number of nitrogens with zero attached hydrogens (tertiary/aromatic N) is 2. The number of aromatic nitrogens is 2. The maximum Gasteiger partial charge on any atom is 0.132 e. The summed E-state index contributed by atoms with van der Waals surface area (Å²) in [6, 6.07) is 6.45. The molecule has 5 heteroatoms. The summed E-state index contributed by atoms with van der Waals surface area (Å²) in [5, 5.41) is 2.89. The minimum Gasteiger partial charge on any atom is -0.373 e. The Hall–Kier alpha value is -1.49. The highest BCUT2D eigenvalue weighted by molar-refractivity contribution is 9.10. The Balaban J connectivity index is 2.53. The number of rotatable bonds is 2. The molecule has 0 unspecified atom stereocenters. The van der Waals surface area contributed by atoms with Gasteiger partial charge < -0.3 is 5.32 Å². The zero-order valence-electron chi connectivity index (χ0n) is 8.54. The van der Waals surface area contributed by atoms with E-state index in [-0.39, 0.29) is 5.82 Å². The monoisotopic (exact) mass is 281 g/mol. The molecule has 2 aromatic rings. The van der Waals surface area contributed by atoms with E-state index in [1.54, 1.807) is 25.2 Å². The van der Waals surface area contributed by atoms with Crippen LogP contribution in [0.4, 0.5) is 10.2 Å². The second-order valence-electron chi connectivity index (χ2n) is 3.16. The fourth-order valence-electron chi connectivity index (χ4n) is 1.34. The number of halogens is 2. The molecule has 16 heavy (non-hydrogen) atoms. The highest BCUT2D eigenvalue weighted by atomic mass is 79.9. The SMILES string of the molecule is CNc1cc(-c2cc(Br)ccc2F)ncn1. The van der Waals surface area contributed by atoms with Gasteiger partial charge in [0.15, 0.2) is 0 Å². The third kappa shape index (κ3) is 2.19. The van der Waals surface area contributed by atoms with E-state index in [4.69, 9.17) is 0 Å². The molecule has 0 spiro atoms. The van der Waals surface area contributed by atoms with Crippen molar-refractivity contribution in [2.45, 2.75) is 0 Å². The maximum atomic E-state index is 13.6. The number of benzene rings is 1. The molecule has 0 bridgehead atoms. The van der Waals surface area contributed by atoms with Gasteiger partial charge >= 0.3 is 0 Å². The summed E-state index contributed by atoms with van der Waals surface area (Å²) in [6.07, 6.45) is 1.40. The molecule has 1 heterocycles. The standard InChI is InChI=1S/C11H9BrFN3/c1-14-11-5-10(15-6-16-11)8-4-7(12)2-3-9(8)13/h2-6H,1H3,(H,14,15,16). The number of hydrogen-bond donors (Lipinski definition) is 1. The van der Waals surface area contributed by atoms with E-state index in [0.29, 0.717) is 17.1 Å². The Bertz CT molecular complexity index is 516. The van der Waals surface area contributed by atoms with E-state index < -0.39 is 0 Å². The lowest BCUT2D eigenvalue weighted by Gasteiger charge is -2.05. The number of hydrogen-bond acceptors (Lipinski definition) is 3. The first kappa shape index (κ1) is 11.0. The molecule has 0 aliphatic carbocycles. The van der Waals surface area contributed by atoms with Gasteiger partial charge in [0.1, 0.15) is 18.0 Å². The van der Waals surface area contributed by atoms with Gasteiger partial charge in [-0.25, -0.2) is 14.4 Å². The molecule has 0 saturated heterocycles. The van der Waals surface area contributed by atoms with Gasteiger partial charge in [-0.15, -0.1) is 0 Å². The second-order valence-corrected chi connectivity index (χ2v) is 4.08. The number of anilines is 1. The molecule has 0 radical (unpaired) electrons. The van der Waals surface area contributed by atoms with E-state index in [9.17, 15) is 4.39 Å². The lowest BCUT2D eigenvalue weighted by molar-refractivity contribution is 0.630. The fourth-order valence-corrected chi connectivity index (χ4v) is 1.70. The van der Waals surface area contributed by atoms with Crippen LogP contribution in [0.1, 0.15) is 0 Å². The Morgan fingerprint density at radius 1 is 1.25 bits per heavy atom. The summed E-state index contributed by atoms with van der Waals surface area (Å²) < 4.78 is 14.4. The van der Waals surface area contributed by atoms with Crippen LogP contribution in [0.15, 0.2) is 35.1 Å². The van der Waals surface area contributed by atoms with Crippen molar-refractivity contribution in [2.75, 3.05) is 12.4 Å². The molecule has 1 N–H and O–H groups in total. The van der Waals surface area contributed by atoms with Crippen LogP contribution in [-0.2, 0) is 0 Å². The van der Waals surface area contributed by atoms with Crippen molar-refractivity contribution in [3.8, 4) is 11.3 Å². The van der Waals surface area contributed by atoms with Crippen molar-refractivity contribution in [2.24, 2.45) is 0 Å². The largest absolute Gasteiger partial charge is 0.373 e. The lowest BCUT2D eigenvalue weighted by atomic mass is 10.1. The van der Waals surface area contributed by atoms with Gasteiger partial charge in [-0.3, -0.25) is 0 Å². The van der Waals surface area contributed by atoms with Gasteiger partial charge in [-0.1, -0.05) is 15.9 Å². The van der Waals surface area contributed by atoms with Crippen LogP contribution in [0.2, 0.25) is 0 Å². The van der Waals surface area contributed by atoms with Crippen LogP contribution >= 0.6 is 15.9 Å². The molecule has 0 aliphatic heterocycles. The minimum atomic E-state index is -0.302. The van der Waals surface area contributed by atoms with Crippen LogP contribution in [0.5, 0.6) is 0 Å². The van der Waals surface area contributed by atoms with Crippen LogP contribution in [0.25, 0.3) is 11.3 Å². The van der Waals surface area contributed by atoms with Crippen molar-refractivity contribution in [1.29, 1.82) is 0 Å². The molecule has 0 fully saturated rings. The zero-order chi connectivity index (χ0) is 11.5. The summed E-state index contributed by atoms with van der Waals surface area (Å²) in [4.78, 5) is 8.03. The van der Waals surface area contributed by atoms with Crippen molar-refractivity contribution < 1.29 is 4.39 Å². The summed E-state index contributed by atoms with van der Waals surface area (Å²) in [7, 11) is 1.75. The Morgan fingerprint density at radius 3 is 2.81 bits per heavy atom. The molecular formula is C11H9BrFN3. The highest BCUT2D eigenvalue weighted by Crippen LogP contribution is 2.25. The Morgan fingerprint density at radius 2 is 2.06 bits per heavy atom. The molecular weight excluding hydrogens is 273 g/mol. The molecule has 0 atom stereocenters. The molecule has 0 saturated carbocycles. The molecule has 0 amide bonds. The minimum absolute atomic E-state index is 0.302. The second kappa shape index (κ2) is 4.57. The average Bonchev–Trinajstić information content (AvgIpc) is 2.32. The molecule has 0 aliphatic rings. The quantitative estimate of drug-likeness (QED) is 0.919. The van der Waals surface area contributed by atoms with E-state index in [1.165, 1.54) is 12.4 Å². The van der Waals surface area contributed by atoms with Gasteiger partial charge in [-0.2, -0.15) is 0 Å². The molecule has 1 aromatic heterocycles. The normalized spacial score (nSPS) is 10.2. The van der Waals surface area contributed by atoms with Crippen molar-refractivity contribution in [3.63, 3.8) is 0 Å². The maximum absolute atomic E-state index is 13.6. The van der Waals surface area contributed by atoms with Crippen molar-refractivity contribution in [3.05, 3.63) is 40.9 Å². The summed E-state index contributed by atoms with van der Waals surface area (Å²) in [6.45, 7) is 0. The van der Waals surface area contributed by atoms with E-state index in [1.807, 2.05) is 0 Å². The first-order valence-corrected chi connectivity index (χ1v) is 5.45. The van der Waals surface area contributed by atoms with Gasteiger partial charge in [0.2, 0.25) is 0 Å². The Kier molecular flexibility index (Phi) is 3.14. The number of nitrogens with one attached hydrogen (secondary N) is 1. The predicted octanol–water partition coefficient (Wildman–Crippen LogP) is 3.09. The smallest absolute Gasteiger partial charge is 0.132 e. The molecule has 82 valence electrons. The van der Waals surface area contributed by atoms with Gasteiger partial charge in [-0.05, 0) is 18.2 Å². The molecule has 2 rings (SSSR count). The van der Waals surface area contributed by atoms with Gasteiger partial charge in [0.05, 0.1) is 5.69 Å². The summed E-state index contributed by atoms with van der Waals surface area (Å²) >= 11 is 3.30. The van der Waals surface area contributed by atoms with E-state index in [0.717, 1.165) is 4.47 Å². The predicted molar refractivity (Wildman–Crippen MR) is 64.7 cm³/mol. The van der Waals surface area contributed by atoms with Crippen LogP contribution < -0.4 is 5.32 Å². The third-order valence-corrected chi connectivity index (χ3v) is 2.62. The lowest BCUT2D eigenvalue weighted by Crippen LogP contribution is -1.95. The van der Waals surface area contributed by atoms with Crippen molar-refractivity contribution in [1.82, 2.24) is 9.97 Å². The first-order chi connectivity index (χ1) is 7.70. The van der Waals surface area contributed by atoms with E-state index >= 15 is 0 Å². The summed E-state index contributed by atoms with van der Waals surface area (Å²) in [5.41, 5.74) is 1.01.